The van der Waals surface area contributed by atoms with E-state index >= 15 is 0 Å². The molecule has 0 aliphatic rings. The molecular weight excluding hydrogens is 190 g/mol. The molecular formula is C9H10F2N2O. The van der Waals surface area contributed by atoms with E-state index in [0.717, 1.165) is 12.1 Å². The van der Waals surface area contributed by atoms with Gasteiger partial charge in [-0.05, 0) is 11.6 Å². The third-order valence-electron chi connectivity index (χ3n) is 1.68. The molecule has 0 aliphatic heterocycles. The van der Waals surface area contributed by atoms with Crippen molar-refractivity contribution in [2.75, 3.05) is 5.32 Å². The lowest BCUT2D eigenvalue weighted by molar-refractivity contribution is -0.114. The van der Waals surface area contributed by atoms with Gasteiger partial charge in [-0.25, -0.2) is 8.78 Å². The molecule has 1 rings (SSSR count). The number of amides is 1. The summed E-state index contributed by atoms with van der Waals surface area (Å²) < 4.78 is 25.5. The number of benzene rings is 1. The fourth-order valence-electron chi connectivity index (χ4n) is 1.06. The minimum atomic E-state index is -1.01. The highest BCUT2D eigenvalue weighted by molar-refractivity contribution is 5.89. The summed E-state index contributed by atoms with van der Waals surface area (Å²) in [6, 6.07) is 1.89. The highest BCUT2D eigenvalue weighted by atomic mass is 19.2. The summed E-state index contributed by atoms with van der Waals surface area (Å²) in [7, 11) is 0. The monoisotopic (exact) mass is 200 g/mol. The van der Waals surface area contributed by atoms with Gasteiger partial charge in [-0.1, -0.05) is 0 Å². The van der Waals surface area contributed by atoms with Crippen molar-refractivity contribution in [1.82, 2.24) is 0 Å². The first kappa shape index (κ1) is 10.6. The normalized spacial score (nSPS) is 10.0. The van der Waals surface area contributed by atoms with Crippen LogP contribution >= 0.6 is 0 Å². The molecule has 0 saturated heterocycles. The van der Waals surface area contributed by atoms with E-state index in [2.05, 4.69) is 5.32 Å². The summed E-state index contributed by atoms with van der Waals surface area (Å²) in [6.45, 7) is 1.31. The number of carbonyl (C=O) groups is 1. The number of hydrogen-bond donors (Lipinski definition) is 2. The molecule has 0 saturated carbocycles. The Kier molecular flexibility index (Phi) is 3.14. The average molecular weight is 200 g/mol. The van der Waals surface area contributed by atoms with Gasteiger partial charge in [0.1, 0.15) is 0 Å². The predicted octanol–water partition coefficient (Wildman–Crippen LogP) is 1.38. The van der Waals surface area contributed by atoms with E-state index in [-0.39, 0.29) is 18.1 Å². The molecule has 3 N–H and O–H groups in total. The van der Waals surface area contributed by atoms with Crippen molar-refractivity contribution in [3.05, 3.63) is 29.3 Å². The Hall–Kier alpha value is -1.49. The molecule has 1 aromatic carbocycles. The van der Waals surface area contributed by atoms with Crippen molar-refractivity contribution >= 4 is 11.6 Å². The number of hydrogen-bond acceptors (Lipinski definition) is 2. The van der Waals surface area contributed by atoms with Crippen LogP contribution in [-0.2, 0) is 11.3 Å². The molecule has 1 amide bonds. The molecule has 0 fully saturated rings. The molecule has 14 heavy (non-hydrogen) atoms. The summed E-state index contributed by atoms with van der Waals surface area (Å²) in [5.74, 6) is -2.34. The predicted molar refractivity (Wildman–Crippen MR) is 48.6 cm³/mol. The van der Waals surface area contributed by atoms with E-state index in [0.29, 0.717) is 5.56 Å². The fourth-order valence-corrected chi connectivity index (χ4v) is 1.06. The average Bonchev–Trinajstić information content (AvgIpc) is 2.10. The summed E-state index contributed by atoms with van der Waals surface area (Å²) in [5, 5.41) is 2.37. The largest absolute Gasteiger partial charge is 0.326 e. The Balaban J connectivity index is 3.13. The minimum Gasteiger partial charge on any atom is -0.326 e. The smallest absolute Gasteiger partial charge is 0.221 e. The van der Waals surface area contributed by atoms with Crippen molar-refractivity contribution < 1.29 is 13.6 Å². The topological polar surface area (TPSA) is 55.1 Å². The number of rotatable bonds is 2. The van der Waals surface area contributed by atoms with Gasteiger partial charge in [0.2, 0.25) is 5.91 Å². The minimum absolute atomic E-state index is 0.0345. The number of nitrogens with two attached hydrogens (primary N) is 1. The van der Waals surface area contributed by atoms with Gasteiger partial charge in [-0.3, -0.25) is 4.79 Å². The molecule has 1 aromatic rings. The van der Waals surface area contributed by atoms with Crippen LogP contribution in [0.25, 0.3) is 0 Å². The zero-order chi connectivity index (χ0) is 10.7. The molecule has 0 bridgehead atoms. The van der Waals surface area contributed by atoms with Gasteiger partial charge in [-0.2, -0.15) is 0 Å². The summed E-state index contributed by atoms with van der Waals surface area (Å²) >= 11 is 0. The van der Waals surface area contributed by atoms with Gasteiger partial charge in [0.05, 0.1) is 0 Å². The third kappa shape index (κ3) is 2.26. The van der Waals surface area contributed by atoms with Crippen molar-refractivity contribution in [2.45, 2.75) is 13.5 Å². The maximum atomic E-state index is 12.8. The lowest BCUT2D eigenvalue weighted by Crippen LogP contribution is -2.11. The first-order valence-electron chi connectivity index (χ1n) is 4.00. The Morgan fingerprint density at radius 1 is 1.43 bits per heavy atom. The lowest BCUT2D eigenvalue weighted by atomic mass is 10.1. The van der Waals surface area contributed by atoms with Gasteiger partial charge in [0.25, 0.3) is 0 Å². The van der Waals surface area contributed by atoms with E-state index in [9.17, 15) is 13.6 Å². The number of halogens is 2. The van der Waals surface area contributed by atoms with Crippen LogP contribution in [0.2, 0.25) is 0 Å². The summed E-state index contributed by atoms with van der Waals surface area (Å²) in [6.07, 6.45) is 0. The Labute approximate surface area is 79.9 Å². The second-order valence-electron chi connectivity index (χ2n) is 2.81. The Morgan fingerprint density at radius 2 is 2.00 bits per heavy atom. The van der Waals surface area contributed by atoms with Gasteiger partial charge in [-0.15, -0.1) is 0 Å². The van der Waals surface area contributed by atoms with Gasteiger partial charge >= 0.3 is 0 Å². The molecule has 0 atom stereocenters. The first-order valence-corrected chi connectivity index (χ1v) is 4.00. The SMILES string of the molecule is CC(=O)Nc1cc(F)c(F)cc1CN. The van der Waals surface area contributed by atoms with Crippen molar-refractivity contribution in [3.8, 4) is 0 Å². The van der Waals surface area contributed by atoms with Crippen LogP contribution < -0.4 is 11.1 Å². The van der Waals surface area contributed by atoms with Crippen molar-refractivity contribution in [1.29, 1.82) is 0 Å². The molecule has 0 aliphatic carbocycles. The zero-order valence-corrected chi connectivity index (χ0v) is 7.60. The highest BCUT2D eigenvalue weighted by Gasteiger charge is 2.09. The third-order valence-corrected chi connectivity index (χ3v) is 1.68. The van der Waals surface area contributed by atoms with Gasteiger partial charge < -0.3 is 11.1 Å². The zero-order valence-electron chi connectivity index (χ0n) is 7.60. The number of carbonyl (C=O) groups excluding carboxylic acids is 1. The van der Waals surface area contributed by atoms with Crippen LogP contribution in [-0.4, -0.2) is 5.91 Å². The van der Waals surface area contributed by atoms with Gasteiger partial charge in [0, 0.05) is 25.2 Å². The summed E-state index contributed by atoms with van der Waals surface area (Å²) in [4.78, 5) is 10.7. The molecule has 3 nitrogen and oxygen atoms in total. The van der Waals surface area contributed by atoms with E-state index in [1.807, 2.05) is 0 Å². The Bertz CT molecular complexity index is 366. The van der Waals surface area contributed by atoms with E-state index < -0.39 is 11.6 Å². The van der Waals surface area contributed by atoms with Crippen molar-refractivity contribution in [2.24, 2.45) is 5.73 Å². The van der Waals surface area contributed by atoms with Crippen LogP contribution in [0.15, 0.2) is 12.1 Å². The quantitative estimate of drug-likeness (QED) is 0.757. The molecule has 0 heterocycles. The molecule has 0 aromatic heterocycles. The Morgan fingerprint density at radius 3 is 2.50 bits per heavy atom. The van der Waals surface area contributed by atoms with E-state index in [1.54, 1.807) is 0 Å². The summed E-state index contributed by atoms with van der Waals surface area (Å²) in [5.41, 5.74) is 5.87. The van der Waals surface area contributed by atoms with E-state index in [4.69, 9.17) is 5.73 Å². The van der Waals surface area contributed by atoms with Gasteiger partial charge in [0.15, 0.2) is 11.6 Å². The number of nitrogens with one attached hydrogen (secondary N) is 1. The van der Waals surface area contributed by atoms with E-state index in [1.165, 1.54) is 6.92 Å². The van der Waals surface area contributed by atoms with Crippen LogP contribution in [0, 0.1) is 11.6 Å². The first-order chi connectivity index (χ1) is 6.54. The van der Waals surface area contributed by atoms with Crippen molar-refractivity contribution in [3.63, 3.8) is 0 Å². The van der Waals surface area contributed by atoms with Crippen LogP contribution in [0.3, 0.4) is 0 Å². The second-order valence-corrected chi connectivity index (χ2v) is 2.81. The maximum absolute atomic E-state index is 12.8. The second kappa shape index (κ2) is 4.15. The lowest BCUT2D eigenvalue weighted by Gasteiger charge is -2.08. The molecule has 5 heteroatoms. The highest BCUT2D eigenvalue weighted by Crippen LogP contribution is 2.19. The van der Waals surface area contributed by atoms with Crippen LogP contribution in [0.4, 0.5) is 14.5 Å². The van der Waals surface area contributed by atoms with Crippen LogP contribution in [0.5, 0.6) is 0 Å². The molecule has 0 radical (unpaired) electrons. The molecule has 76 valence electrons. The van der Waals surface area contributed by atoms with Crippen LogP contribution in [0.1, 0.15) is 12.5 Å². The number of anilines is 1. The standard InChI is InChI=1S/C9H10F2N2O/c1-5(14)13-9-3-8(11)7(10)2-6(9)4-12/h2-3H,4,12H2,1H3,(H,13,14). The fraction of sp³-hybridized carbons (Fsp3) is 0.222. The molecule has 0 unspecified atom stereocenters. The molecule has 0 spiro atoms. The maximum Gasteiger partial charge on any atom is 0.221 e.